The van der Waals surface area contributed by atoms with E-state index in [1.54, 1.807) is 16.8 Å². The zero-order valence-electron chi connectivity index (χ0n) is 10.9. The topological polar surface area (TPSA) is 62.3 Å². The maximum atomic E-state index is 12.4. The Morgan fingerprint density at radius 3 is 2.79 bits per heavy atom. The van der Waals surface area contributed by atoms with E-state index in [0.717, 1.165) is 36.3 Å². The molecule has 2 aliphatic rings. The highest BCUT2D eigenvalue weighted by Gasteiger charge is 2.52. The van der Waals surface area contributed by atoms with Gasteiger partial charge in [0, 0.05) is 17.8 Å². The molecule has 2 heterocycles. The van der Waals surface area contributed by atoms with Gasteiger partial charge < -0.3 is 5.32 Å². The third-order valence-corrected chi connectivity index (χ3v) is 5.11. The van der Waals surface area contributed by atoms with Crippen LogP contribution in [0, 0.1) is 6.92 Å². The molecule has 0 bridgehead atoms. The molecule has 1 saturated carbocycles. The fraction of sp³-hybridized carbons (Fsp3) is 0.615. The molecule has 102 valence electrons. The van der Waals surface area contributed by atoms with Crippen LogP contribution in [0.1, 0.15) is 36.3 Å². The van der Waals surface area contributed by atoms with Crippen molar-refractivity contribution in [3.05, 3.63) is 16.1 Å². The molecule has 5 nitrogen and oxygen atoms in total. The van der Waals surface area contributed by atoms with Crippen LogP contribution in [0.3, 0.4) is 0 Å². The predicted octanol–water partition coefficient (Wildman–Crippen LogP) is 1.86. The van der Waals surface area contributed by atoms with Crippen molar-refractivity contribution in [3.63, 3.8) is 0 Å². The van der Waals surface area contributed by atoms with Gasteiger partial charge in [-0.25, -0.2) is 9.78 Å². The molecule has 19 heavy (non-hydrogen) atoms. The van der Waals surface area contributed by atoms with Gasteiger partial charge in [0.05, 0.1) is 11.2 Å². The number of imide groups is 1. The summed E-state index contributed by atoms with van der Waals surface area (Å²) in [6.45, 7) is 2.41. The highest BCUT2D eigenvalue weighted by Crippen LogP contribution is 2.35. The number of hydrogen-bond acceptors (Lipinski definition) is 4. The Kier molecular flexibility index (Phi) is 3.05. The number of aryl methyl sites for hydroxylation is 1. The number of thiazole rings is 1. The van der Waals surface area contributed by atoms with E-state index in [4.69, 9.17) is 0 Å². The van der Waals surface area contributed by atoms with Crippen molar-refractivity contribution in [1.82, 2.24) is 15.2 Å². The zero-order chi connectivity index (χ0) is 13.5. The van der Waals surface area contributed by atoms with E-state index in [1.165, 1.54) is 4.90 Å². The standard InChI is InChI=1S/C13H17N3O2S/c1-9-10(19-8-14-9)4-7-16-11(17)13(15-12(16)18)5-2-3-6-13/h8H,2-7H2,1H3,(H,15,18). The molecular formula is C13H17N3O2S. The fourth-order valence-corrected chi connectivity index (χ4v) is 3.75. The molecule has 1 N–H and O–H groups in total. The Morgan fingerprint density at radius 1 is 1.42 bits per heavy atom. The van der Waals surface area contributed by atoms with Gasteiger partial charge in [-0.05, 0) is 19.8 Å². The van der Waals surface area contributed by atoms with Crippen LogP contribution in [0.25, 0.3) is 0 Å². The second kappa shape index (κ2) is 4.59. The van der Waals surface area contributed by atoms with Gasteiger partial charge in [-0.15, -0.1) is 11.3 Å². The maximum Gasteiger partial charge on any atom is 0.325 e. The second-order valence-corrected chi connectivity index (χ2v) is 6.23. The number of nitrogens with one attached hydrogen (secondary N) is 1. The van der Waals surface area contributed by atoms with E-state index in [0.29, 0.717) is 13.0 Å². The molecule has 1 aromatic rings. The minimum Gasteiger partial charge on any atom is -0.323 e. The lowest BCUT2D eigenvalue weighted by atomic mass is 9.98. The van der Waals surface area contributed by atoms with Crippen molar-refractivity contribution >= 4 is 23.3 Å². The summed E-state index contributed by atoms with van der Waals surface area (Å²) < 4.78 is 0. The maximum absolute atomic E-state index is 12.4. The Morgan fingerprint density at radius 2 is 2.16 bits per heavy atom. The van der Waals surface area contributed by atoms with Crippen LogP contribution in [-0.4, -0.2) is 33.9 Å². The Balaban J connectivity index is 1.70. The van der Waals surface area contributed by atoms with Crippen LogP contribution in [0.2, 0.25) is 0 Å². The largest absolute Gasteiger partial charge is 0.325 e. The van der Waals surface area contributed by atoms with Crippen LogP contribution in [-0.2, 0) is 11.2 Å². The van der Waals surface area contributed by atoms with E-state index >= 15 is 0 Å². The van der Waals surface area contributed by atoms with Crippen LogP contribution in [0.4, 0.5) is 4.79 Å². The van der Waals surface area contributed by atoms with Crippen molar-refractivity contribution < 1.29 is 9.59 Å². The molecule has 6 heteroatoms. The molecule has 0 atom stereocenters. The highest BCUT2D eigenvalue weighted by molar-refractivity contribution is 7.09. The summed E-state index contributed by atoms with van der Waals surface area (Å²) in [6.07, 6.45) is 4.31. The van der Waals surface area contributed by atoms with Gasteiger partial charge >= 0.3 is 6.03 Å². The SMILES string of the molecule is Cc1ncsc1CCN1C(=O)NC2(CCCC2)C1=O. The molecule has 2 fully saturated rings. The van der Waals surface area contributed by atoms with Gasteiger partial charge in [0.25, 0.3) is 5.91 Å². The summed E-state index contributed by atoms with van der Waals surface area (Å²) in [7, 11) is 0. The van der Waals surface area contributed by atoms with E-state index in [9.17, 15) is 9.59 Å². The Hall–Kier alpha value is -1.43. The first-order chi connectivity index (χ1) is 9.12. The first-order valence-corrected chi connectivity index (χ1v) is 7.53. The molecule has 1 spiro atoms. The summed E-state index contributed by atoms with van der Waals surface area (Å²) in [5, 5.41) is 2.90. The van der Waals surface area contributed by atoms with Crippen molar-refractivity contribution in [1.29, 1.82) is 0 Å². The van der Waals surface area contributed by atoms with Crippen molar-refractivity contribution in [3.8, 4) is 0 Å². The minimum absolute atomic E-state index is 0.0304. The van der Waals surface area contributed by atoms with Gasteiger partial charge in [0.1, 0.15) is 5.54 Å². The van der Waals surface area contributed by atoms with Crippen LogP contribution >= 0.6 is 11.3 Å². The molecule has 0 unspecified atom stereocenters. The van der Waals surface area contributed by atoms with E-state index < -0.39 is 5.54 Å². The van der Waals surface area contributed by atoms with Crippen LogP contribution in [0.5, 0.6) is 0 Å². The molecule has 3 amide bonds. The number of urea groups is 1. The Bertz CT molecular complexity index is 520. The average molecular weight is 279 g/mol. The smallest absolute Gasteiger partial charge is 0.323 e. The van der Waals surface area contributed by atoms with Gasteiger partial charge in [-0.1, -0.05) is 12.8 Å². The molecule has 1 aliphatic carbocycles. The summed E-state index contributed by atoms with van der Waals surface area (Å²) in [6, 6.07) is -0.228. The van der Waals surface area contributed by atoms with E-state index in [-0.39, 0.29) is 11.9 Å². The first kappa shape index (κ1) is 12.6. The quantitative estimate of drug-likeness (QED) is 0.859. The van der Waals surface area contributed by atoms with Crippen LogP contribution < -0.4 is 5.32 Å². The molecule has 0 aromatic carbocycles. The number of carbonyl (C=O) groups is 2. The molecular weight excluding hydrogens is 262 g/mol. The first-order valence-electron chi connectivity index (χ1n) is 6.65. The number of aromatic nitrogens is 1. The third kappa shape index (κ3) is 2.04. The van der Waals surface area contributed by atoms with E-state index in [2.05, 4.69) is 10.3 Å². The monoisotopic (exact) mass is 279 g/mol. The lowest BCUT2D eigenvalue weighted by molar-refractivity contribution is -0.131. The summed E-state index contributed by atoms with van der Waals surface area (Å²) in [5.74, 6) is -0.0304. The van der Waals surface area contributed by atoms with Gasteiger partial charge in [0.15, 0.2) is 0 Å². The lowest BCUT2D eigenvalue weighted by Gasteiger charge is -2.19. The van der Waals surface area contributed by atoms with Crippen molar-refractivity contribution in [2.75, 3.05) is 6.54 Å². The zero-order valence-corrected chi connectivity index (χ0v) is 11.8. The number of carbonyl (C=O) groups excluding carboxylic acids is 2. The highest BCUT2D eigenvalue weighted by atomic mass is 32.1. The number of rotatable bonds is 3. The predicted molar refractivity (Wildman–Crippen MR) is 72.0 cm³/mol. The lowest BCUT2D eigenvalue weighted by Crippen LogP contribution is -2.44. The van der Waals surface area contributed by atoms with E-state index in [1.807, 2.05) is 6.92 Å². The molecule has 1 aliphatic heterocycles. The summed E-state index contributed by atoms with van der Waals surface area (Å²) >= 11 is 1.58. The number of hydrogen-bond donors (Lipinski definition) is 1. The summed E-state index contributed by atoms with van der Waals surface area (Å²) in [5.41, 5.74) is 2.21. The molecule has 0 radical (unpaired) electrons. The molecule has 1 saturated heterocycles. The van der Waals surface area contributed by atoms with Gasteiger partial charge in [-0.2, -0.15) is 0 Å². The fourth-order valence-electron chi connectivity index (χ4n) is 2.98. The molecule has 3 rings (SSSR count). The average Bonchev–Trinajstić information content (AvgIpc) is 3.04. The number of nitrogens with zero attached hydrogens (tertiary/aromatic N) is 2. The van der Waals surface area contributed by atoms with Crippen LogP contribution in [0.15, 0.2) is 5.51 Å². The normalized spacial score (nSPS) is 21.4. The third-order valence-electron chi connectivity index (χ3n) is 4.11. The minimum atomic E-state index is -0.584. The van der Waals surface area contributed by atoms with Gasteiger partial charge in [0.2, 0.25) is 0 Å². The van der Waals surface area contributed by atoms with Crippen molar-refractivity contribution in [2.24, 2.45) is 0 Å². The number of amides is 3. The van der Waals surface area contributed by atoms with Crippen molar-refractivity contribution in [2.45, 2.75) is 44.6 Å². The summed E-state index contributed by atoms with van der Waals surface area (Å²) in [4.78, 5) is 31.1. The Labute approximate surface area is 116 Å². The van der Waals surface area contributed by atoms with Gasteiger partial charge in [-0.3, -0.25) is 9.69 Å². The molecule has 1 aromatic heterocycles. The second-order valence-electron chi connectivity index (χ2n) is 5.29.